The first kappa shape index (κ1) is 12.8. The minimum absolute atomic E-state index is 0.361. The van der Waals surface area contributed by atoms with Gasteiger partial charge in [-0.1, -0.05) is 0 Å². The zero-order chi connectivity index (χ0) is 13.5. The Morgan fingerprint density at radius 2 is 2.05 bits per heavy atom. The van der Waals surface area contributed by atoms with Gasteiger partial charge in [0, 0.05) is 31.5 Å². The largest absolute Gasteiger partial charge is 0.354 e. The average Bonchev–Trinajstić information content (AvgIpc) is 3.10. The smallest absolute Gasteiger partial charge is 0.208 e. The second-order valence-electron chi connectivity index (χ2n) is 5.48. The summed E-state index contributed by atoms with van der Waals surface area (Å²) >= 11 is 0. The van der Waals surface area contributed by atoms with Crippen molar-refractivity contribution in [1.29, 1.82) is 0 Å². The third-order valence-electron chi connectivity index (χ3n) is 3.58. The van der Waals surface area contributed by atoms with E-state index in [1.165, 1.54) is 19.1 Å². The predicted octanol–water partition coefficient (Wildman–Crippen LogP) is 0.339. The SMILES string of the molecule is CS(=O)(=O)NCC1CN(c2ccc(C3CC3)nn2)C1. The van der Waals surface area contributed by atoms with E-state index in [-0.39, 0.29) is 0 Å². The van der Waals surface area contributed by atoms with Crippen LogP contribution in [0.4, 0.5) is 5.82 Å². The zero-order valence-corrected chi connectivity index (χ0v) is 11.7. The molecule has 0 amide bonds. The normalized spacial score (nSPS) is 20.4. The highest BCUT2D eigenvalue weighted by Gasteiger charge is 2.29. The van der Waals surface area contributed by atoms with E-state index in [2.05, 4.69) is 25.9 Å². The molecule has 1 aliphatic heterocycles. The number of hydrogen-bond acceptors (Lipinski definition) is 5. The Labute approximate surface area is 113 Å². The van der Waals surface area contributed by atoms with Crippen LogP contribution in [0.5, 0.6) is 0 Å². The van der Waals surface area contributed by atoms with Crippen molar-refractivity contribution in [3.63, 3.8) is 0 Å². The zero-order valence-electron chi connectivity index (χ0n) is 10.9. The molecule has 1 N–H and O–H groups in total. The molecule has 1 saturated heterocycles. The molecule has 2 heterocycles. The first-order chi connectivity index (χ1) is 9.01. The van der Waals surface area contributed by atoms with Crippen LogP contribution < -0.4 is 9.62 Å². The van der Waals surface area contributed by atoms with Crippen molar-refractivity contribution in [2.24, 2.45) is 5.92 Å². The molecule has 0 radical (unpaired) electrons. The van der Waals surface area contributed by atoms with Crippen LogP contribution >= 0.6 is 0 Å². The van der Waals surface area contributed by atoms with Gasteiger partial charge in [-0.15, -0.1) is 5.10 Å². The van der Waals surface area contributed by atoms with Crippen molar-refractivity contribution in [3.8, 4) is 0 Å². The van der Waals surface area contributed by atoms with Crippen molar-refractivity contribution in [2.75, 3.05) is 30.8 Å². The fourth-order valence-electron chi connectivity index (χ4n) is 2.26. The molecular formula is C12H18N4O2S. The molecule has 19 heavy (non-hydrogen) atoms. The van der Waals surface area contributed by atoms with E-state index < -0.39 is 10.0 Å². The van der Waals surface area contributed by atoms with Gasteiger partial charge < -0.3 is 4.90 Å². The van der Waals surface area contributed by atoms with Crippen molar-refractivity contribution in [1.82, 2.24) is 14.9 Å². The highest BCUT2D eigenvalue weighted by Crippen LogP contribution is 2.38. The van der Waals surface area contributed by atoms with Gasteiger partial charge in [0.15, 0.2) is 5.82 Å². The summed E-state index contributed by atoms with van der Waals surface area (Å²) in [5.41, 5.74) is 1.10. The van der Waals surface area contributed by atoms with E-state index in [0.29, 0.717) is 18.4 Å². The number of hydrogen-bond donors (Lipinski definition) is 1. The number of nitrogens with one attached hydrogen (secondary N) is 1. The molecular weight excluding hydrogens is 264 g/mol. The maximum Gasteiger partial charge on any atom is 0.208 e. The molecule has 0 atom stereocenters. The molecule has 0 aromatic carbocycles. The summed E-state index contributed by atoms with van der Waals surface area (Å²) in [7, 11) is -3.08. The van der Waals surface area contributed by atoms with E-state index in [4.69, 9.17) is 0 Å². The minimum Gasteiger partial charge on any atom is -0.354 e. The lowest BCUT2D eigenvalue weighted by atomic mass is 10.0. The van der Waals surface area contributed by atoms with Crippen LogP contribution in [0.2, 0.25) is 0 Å². The molecule has 1 aromatic heterocycles. The molecule has 2 fully saturated rings. The highest BCUT2D eigenvalue weighted by molar-refractivity contribution is 7.88. The van der Waals surface area contributed by atoms with Crippen molar-refractivity contribution in [2.45, 2.75) is 18.8 Å². The third kappa shape index (κ3) is 3.22. The molecule has 6 nitrogen and oxygen atoms in total. The summed E-state index contributed by atoms with van der Waals surface area (Å²) in [5.74, 6) is 1.88. The molecule has 1 aromatic rings. The maximum atomic E-state index is 11.0. The van der Waals surface area contributed by atoms with Crippen LogP contribution in [0, 0.1) is 5.92 Å². The third-order valence-corrected chi connectivity index (χ3v) is 4.27. The summed E-state index contributed by atoms with van der Waals surface area (Å²) in [6.07, 6.45) is 3.65. The van der Waals surface area contributed by atoms with Crippen molar-refractivity contribution in [3.05, 3.63) is 17.8 Å². The Kier molecular flexibility index (Phi) is 3.18. The molecule has 2 aliphatic rings. The number of sulfonamides is 1. The van der Waals surface area contributed by atoms with Crippen molar-refractivity contribution < 1.29 is 8.42 Å². The molecule has 0 unspecified atom stereocenters. The van der Waals surface area contributed by atoms with Crippen LogP contribution in [0.15, 0.2) is 12.1 Å². The van der Waals surface area contributed by atoms with Gasteiger partial charge in [0.1, 0.15) is 0 Å². The first-order valence-corrected chi connectivity index (χ1v) is 8.43. The topological polar surface area (TPSA) is 75.2 Å². The predicted molar refractivity (Wildman–Crippen MR) is 72.6 cm³/mol. The fourth-order valence-corrected chi connectivity index (χ4v) is 2.79. The molecule has 3 rings (SSSR count). The van der Waals surface area contributed by atoms with E-state index in [9.17, 15) is 8.42 Å². The van der Waals surface area contributed by atoms with Gasteiger partial charge in [0.05, 0.1) is 11.9 Å². The fraction of sp³-hybridized carbons (Fsp3) is 0.667. The monoisotopic (exact) mass is 282 g/mol. The Morgan fingerprint density at radius 1 is 1.32 bits per heavy atom. The van der Waals surface area contributed by atoms with Crippen molar-refractivity contribution >= 4 is 15.8 Å². The molecule has 1 saturated carbocycles. The minimum atomic E-state index is -3.08. The Morgan fingerprint density at radius 3 is 2.58 bits per heavy atom. The maximum absolute atomic E-state index is 11.0. The van der Waals surface area contributed by atoms with Crippen LogP contribution in [0.25, 0.3) is 0 Å². The van der Waals surface area contributed by atoms with Gasteiger partial charge in [-0.25, -0.2) is 13.1 Å². The second kappa shape index (κ2) is 4.72. The number of rotatable bonds is 5. The summed E-state index contributed by atoms with van der Waals surface area (Å²) in [6, 6.07) is 4.07. The van der Waals surface area contributed by atoms with Crippen LogP contribution in [-0.2, 0) is 10.0 Å². The van der Waals surface area contributed by atoms with Crippen LogP contribution in [0.1, 0.15) is 24.5 Å². The number of aromatic nitrogens is 2. The van der Waals surface area contributed by atoms with Gasteiger partial charge >= 0.3 is 0 Å². The number of nitrogens with zero attached hydrogens (tertiary/aromatic N) is 3. The van der Waals surface area contributed by atoms with Gasteiger partial charge in [-0.05, 0) is 25.0 Å². The standard InChI is InChI=1S/C12H18N4O2S/c1-19(17,18)13-6-9-7-16(8-9)12-5-4-11(14-15-12)10-2-3-10/h4-5,9-10,13H,2-3,6-8H2,1H3. The number of anilines is 1. The summed E-state index contributed by atoms with van der Waals surface area (Å²) < 4.78 is 24.5. The van der Waals surface area contributed by atoms with Crippen LogP contribution in [-0.4, -0.2) is 44.5 Å². The highest BCUT2D eigenvalue weighted by atomic mass is 32.2. The molecule has 104 valence electrons. The lowest BCUT2D eigenvalue weighted by Gasteiger charge is -2.39. The van der Waals surface area contributed by atoms with Gasteiger partial charge in [0.25, 0.3) is 0 Å². The lowest BCUT2D eigenvalue weighted by Crippen LogP contribution is -2.51. The average molecular weight is 282 g/mol. The summed E-state index contributed by atoms with van der Waals surface area (Å²) in [5, 5.41) is 8.49. The van der Waals surface area contributed by atoms with Gasteiger partial charge in [0.2, 0.25) is 10.0 Å². The molecule has 1 aliphatic carbocycles. The Balaban J connectivity index is 1.49. The first-order valence-electron chi connectivity index (χ1n) is 6.54. The van der Waals surface area contributed by atoms with Gasteiger partial charge in [-0.2, -0.15) is 5.10 Å². The quantitative estimate of drug-likeness (QED) is 0.843. The second-order valence-corrected chi connectivity index (χ2v) is 7.32. The molecule has 0 spiro atoms. The van der Waals surface area contributed by atoms with E-state index >= 15 is 0 Å². The van der Waals surface area contributed by atoms with E-state index in [1.807, 2.05) is 6.07 Å². The summed E-state index contributed by atoms with van der Waals surface area (Å²) in [4.78, 5) is 2.12. The van der Waals surface area contributed by atoms with E-state index in [0.717, 1.165) is 24.6 Å². The Bertz CT molecular complexity index is 548. The lowest BCUT2D eigenvalue weighted by molar-refractivity contribution is 0.402. The Hall–Kier alpha value is -1.21. The molecule has 7 heteroatoms. The van der Waals surface area contributed by atoms with Crippen LogP contribution in [0.3, 0.4) is 0 Å². The molecule has 0 bridgehead atoms. The van der Waals surface area contributed by atoms with Gasteiger partial charge in [-0.3, -0.25) is 0 Å². The van der Waals surface area contributed by atoms with E-state index in [1.54, 1.807) is 0 Å². The summed E-state index contributed by atoms with van der Waals surface area (Å²) in [6.45, 7) is 2.17.